The first-order valence-electron chi connectivity index (χ1n) is 5.14. The molecule has 2 amide bonds. The van der Waals surface area contributed by atoms with Gasteiger partial charge in [0.15, 0.2) is 0 Å². The zero-order chi connectivity index (χ0) is 10.8. The van der Waals surface area contributed by atoms with Crippen LogP contribution in [0.25, 0.3) is 0 Å². The molecule has 2 aliphatic heterocycles. The summed E-state index contributed by atoms with van der Waals surface area (Å²) in [7, 11) is 0. The molecule has 0 aromatic rings. The third-order valence-corrected chi connectivity index (χ3v) is 3.70. The van der Waals surface area contributed by atoms with Crippen molar-refractivity contribution in [2.24, 2.45) is 5.73 Å². The zero-order valence-corrected chi connectivity index (χ0v) is 10.5. The van der Waals surface area contributed by atoms with Gasteiger partial charge in [-0.25, -0.2) is 0 Å². The Morgan fingerprint density at radius 2 is 2.06 bits per heavy atom. The van der Waals surface area contributed by atoms with Crippen molar-refractivity contribution in [1.29, 1.82) is 0 Å². The molecule has 0 unspecified atom stereocenters. The molecule has 2 saturated heterocycles. The maximum absolute atomic E-state index is 11.9. The van der Waals surface area contributed by atoms with Gasteiger partial charge in [0.25, 0.3) is 5.24 Å². The van der Waals surface area contributed by atoms with Crippen molar-refractivity contribution >= 4 is 35.3 Å². The number of likely N-dealkylation sites (tertiary alicyclic amines) is 1. The van der Waals surface area contributed by atoms with E-state index < -0.39 is 0 Å². The summed E-state index contributed by atoms with van der Waals surface area (Å²) in [6.07, 6.45) is 1.72. The third kappa shape index (κ3) is 3.02. The molecule has 2 fully saturated rings. The molecule has 2 heterocycles. The Morgan fingerprint density at radius 3 is 2.56 bits per heavy atom. The van der Waals surface area contributed by atoms with Crippen LogP contribution in [0.1, 0.15) is 12.8 Å². The van der Waals surface area contributed by atoms with Crippen molar-refractivity contribution in [2.75, 3.05) is 18.8 Å². The van der Waals surface area contributed by atoms with Gasteiger partial charge >= 0.3 is 0 Å². The molecule has 92 valence electrons. The average Bonchev–Trinajstić information content (AvgIpc) is 2.65. The lowest BCUT2D eigenvalue weighted by Gasteiger charge is -2.31. The highest BCUT2D eigenvalue weighted by molar-refractivity contribution is 8.14. The van der Waals surface area contributed by atoms with E-state index in [4.69, 9.17) is 5.73 Å². The number of rotatable bonds is 1. The van der Waals surface area contributed by atoms with Gasteiger partial charge in [-0.1, -0.05) is 11.8 Å². The number of piperidine rings is 1. The monoisotopic (exact) mass is 265 g/mol. The number of nitrogens with two attached hydrogens (primary N) is 1. The molecule has 2 rings (SSSR count). The second-order valence-electron chi connectivity index (χ2n) is 3.96. The van der Waals surface area contributed by atoms with E-state index in [1.807, 2.05) is 0 Å². The normalized spacial score (nSPS) is 26.2. The van der Waals surface area contributed by atoms with Gasteiger partial charge in [0, 0.05) is 24.9 Å². The van der Waals surface area contributed by atoms with Crippen LogP contribution in [0.5, 0.6) is 0 Å². The van der Waals surface area contributed by atoms with Gasteiger partial charge in [-0.2, -0.15) is 0 Å². The smallest absolute Gasteiger partial charge is 0.279 e. The summed E-state index contributed by atoms with van der Waals surface area (Å²) in [6, 6.07) is -0.0987. The van der Waals surface area contributed by atoms with E-state index in [0.717, 1.165) is 25.9 Å². The molecule has 0 radical (unpaired) electrons. The number of amides is 2. The molecular formula is C9H16ClN3O2S. The van der Waals surface area contributed by atoms with Gasteiger partial charge in [0.05, 0.1) is 0 Å². The minimum absolute atomic E-state index is 0. The van der Waals surface area contributed by atoms with E-state index >= 15 is 0 Å². The molecule has 7 heteroatoms. The van der Waals surface area contributed by atoms with Crippen molar-refractivity contribution in [1.82, 2.24) is 10.2 Å². The summed E-state index contributed by atoms with van der Waals surface area (Å²) in [5.41, 5.74) is 5.76. The fourth-order valence-electron chi connectivity index (χ4n) is 1.86. The van der Waals surface area contributed by atoms with Crippen LogP contribution >= 0.6 is 24.2 Å². The Balaban J connectivity index is 0.00000128. The van der Waals surface area contributed by atoms with Gasteiger partial charge in [0.2, 0.25) is 5.91 Å². The number of hydrogen-bond acceptors (Lipinski definition) is 4. The summed E-state index contributed by atoms with van der Waals surface area (Å²) in [5, 5.41) is 2.57. The van der Waals surface area contributed by atoms with Crippen LogP contribution in [-0.4, -0.2) is 47.0 Å². The van der Waals surface area contributed by atoms with Crippen LogP contribution in [-0.2, 0) is 4.79 Å². The number of nitrogens with one attached hydrogen (secondary N) is 1. The number of hydrogen-bond donors (Lipinski definition) is 2. The molecule has 0 aliphatic carbocycles. The van der Waals surface area contributed by atoms with Crippen molar-refractivity contribution in [3.05, 3.63) is 0 Å². The highest BCUT2D eigenvalue weighted by Crippen LogP contribution is 2.17. The molecule has 0 saturated carbocycles. The van der Waals surface area contributed by atoms with Crippen molar-refractivity contribution in [3.8, 4) is 0 Å². The molecule has 0 bridgehead atoms. The topological polar surface area (TPSA) is 75.4 Å². The summed E-state index contributed by atoms with van der Waals surface area (Å²) in [4.78, 5) is 24.7. The van der Waals surface area contributed by atoms with E-state index in [0.29, 0.717) is 5.75 Å². The first-order valence-corrected chi connectivity index (χ1v) is 6.13. The third-order valence-electron chi connectivity index (χ3n) is 2.82. The van der Waals surface area contributed by atoms with Crippen molar-refractivity contribution < 1.29 is 9.59 Å². The summed E-state index contributed by atoms with van der Waals surface area (Å²) >= 11 is 1.18. The predicted octanol–water partition coefficient (Wildman–Crippen LogP) is 0.183. The molecule has 3 N–H and O–H groups in total. The fraction of sp³-hybridized carbons (Fsp3) is 0.778. The van der Waals surface area contributed by atoms with E-state index in [2.05, 4.69) is 5.32 Å². The standard InChI is InChI=1S/C9H15N3O2S.ClH/c10-6-1-3-12(4-2-6)8(13)7-5-15-9(14)11-7;/h6-7H,1-5,10H2,(H,11,14);1H/t7-;/m0./s1. The zero-order valence-electron chi connectivity index (χ0n) is 8.85. The van der Waals surface area contributed by atoms with E-state index in [1.165, 1.54) is 11.8 Å². The molecule has 1 atom stereocenters. The quantitative estimate of drug-likeness (QED) is 0.709. The van der Waals surface area contributed by atoms with Gasteiger partial charge in [-0.15, -0.1) is 12.4 Å². The number of nitrogens with zero attached hydrogens (tertiary/aromatic N) is 1. The van der Waals surface area contributed by atoms with Crippen LogP contribution in [0, 0.1) is 0 Å². The fourth-order valence-corrected chi connectivity index (χ4v) is 2.63. The molecule has 0 spiro atoms. The maximum Gasteiger partial charge on any atom is 0.279 e. The van der Waals surface area contributed by atoms with Crippen molar-refractivity contribution in [2.45, 2.75) is 24.9 Å². The highest BCUT2D eigenvalue weighted by atomic mass is 35.5. The van der Waals surface area contributed by atoms with Gasteiger partial charge in [0.1, 0.15) is 6.04 Å². The first kappa shape index (κ1) is 13.6. The minimum atomic E-state index is -0.322. The Bertz CT molecular complexity index is 282. The van der Waals surface area contributed by atoms with Gasteiger partial charge in [-0.3, -0.25) is 9.59 Å². The van der Waals surface area contributed by atoms with E-state index in [-0.39, 0.29) is 35.6 Å². The summed E-state index contributed by atoms with van der Waals surface area (Å²) in [6.45, 7) is 1.44. The molecule has 0 aromatic heterocycles. The molecular weight excluding hydrogens is 250 g/mol. The molecule has 5 nitrogen and oxygen atoms in total. The number of thioether (sulfide) groups is 1. The van der Waals surface area contributed by atoms with Crippen LogP contribution in [0.3, 0.4) is 0 Å². The Hall–Kier alpha value is -0.460. The lowest BCUT2D eigenvalue weighted by Crippen LogP contribution is -2.50. The second kappa shape index (κ2) is 5.75. The van der Waals surface area contributed by atoms with Crippen LogP contribution in [0.2, 0.25) is 0 Å². The van der Waals surface area contributed by atoms with Crippen LogP contribution in [0.4, 0.5) is 4.79 Å². The van der Waals surface area contributed by atoms with Crippen LogP contribution < -0.4 is 11.1 Å². The summed E-state index contributed by atoms with van der Waals surface area (Å²) < 4.78 is 0. The Morgan fingerprint density at radius 1 is 1.44 bits per heavy atom. The maximum atomic E-state index is 11.9. The SMILES string of the molecule is Cl.NC1CCN(C(=O)[C@@H]2CSC(=O)N2)CC1. The molecule has 0 aromatic carbocycles. The number of halogens is 1. The lowest BCUT2D eigenvalue weighted by atomic mass is 10.1. The highest BCUT2D eigenvalue weighted by Gasteiger charge is 2.32. The van der Waals surface area contributed by atoms with E-state index in [9.17, 15) is 9.59 Å². The van der Waals surface area contributed by atoms with Gasteiger partial charge in [-0.05, 0) is 12.8 Å². The number of carbonyl (C=O) groups excluding carboxylic acids is 2. The minimum Gasteiger partial charge on any atom is -0.341 e. The second-order valence-corrected chi connectivity index (χ2v) is 4.95. The number of carbonyl (C=O) groups is 2. The molecule has 2 aliphatic rings. The first-order chi connectivity index (χ1) is 7.16. The summed E-state index contributed by atoms with van der Waals surface area (Å²) in [5.74, 6) is 0.598. The lowest BCUT2D eigenvalue weighted by molar-refractivity contribution is -0.133. The largest absolute Gasteiger partial charge is 0.341 e. The van der Waals surface area contributed by atoms with E-state index in [1.54, 1.807) is 4.90 Å². The Labute approximate surface area is 105 Å². The predicted molar refractivity (Wildman–Crippen MR) is 65.8 cm³/mol. The van der Waals surface area contributed by atoms with Gasteiger partial charge < -0.3 is 16.0 Å². The average molecular weight is 266 g/mol. The molecule has 16 heavy (non-hydrogen) atoms. The Kier molecular flexibility index (Phi) is 4.89. The van der Waals surface area contributed by atoms with Crippen molar-refractivity contribution in [3.63, 3.8) is 0 Å². The van der Waals surface area contributed by atoms with Crippen LogP contribution in [0.15, 0.2) is 0 Å².